The molecule has 21 heavy (non-hydrogen) atoms. The number of fused-ring (bicyclic) bond motifs is 1. The summed E-state index contributed by atoms with van der Waals surface area (Å²) in [5.74, 6) is 1.98. The van der Waals surface area contributed by atoms with E-state index >= 15 is 0 Å². The number of hydrogen-bond donors (Lipinski definition) is 0. The first-order chi connectivity index (χ1) is 9.99. The molecule has 0 aromatic heterocycles. The maximum absolute atomic E-state index is 12.8. The molecule has 1 aliphatic rings. The van der Waals surface area contributed by atoms with Crippen molar-refractivity contribution in [1.82, 2.24) is 0 Å². The fourth-order valence-corrected chi connectivity index (χ4v) is 8.88. The van der Waals surface area contributed by atoms with E-state index in [1.807, 2.05) is 50.2 Å². The minimum atomic E-state index is -3.05. The van der Waals surface area contributed by atoms with E-state index in [1.165, 1.54) is 0 Å². The molecule has 0 fully saturated rings. The number of benzene rings is 2. The monoisotopic (exact) mass is 420 g/mol. The molecule has 0 saturated heterocycles. The van der Waals surface area contributed by atoms with Crippen LogP contribution in [0.1, 0.15) is 11.1 Å². The molecular formula is C15H15O4PTe. The molecule has 0 spiro atoms. The van der Waals surface area contributed by atoms with E-state index in [9.17, 15) is 4.57 Å². The second kappa shape index (κ2) is 5.57. The zero-order valence-corrected chi connectivity index (χ0v) is 15.2. The number of ether oxygens (including phenoxy) is 1. The van der Waals surface area contributed by atoms with Crippen LogP contribution < -0.4 is 17.4 Å². The Labute approximate surface area is 133 Å². The van der Waals surface area contributed by atoms with Crippen molar-refractivity contribution in [3.8, 4) is 17.2 Å². The second-order valence-corrected chi connectivity index (χ2v) is 13.0. The molecule has 0 N–H and O–H groups in total. The SMILES string of the molecule is COc1ccc([Te]P2(=O)Oc3cc(C)c(C)cc3O2)cc1. The predicted molar refractivity (Wildman–Crippen MR) is 83.2 cm³/mol. The van der Waals surface area contributed by atoms with Gasteiger partial charge in [-0.15, -0.1) is 0 Å². The second-order valence-electron chi connectivity index (χ2n) is 4.78. The Hall–Kier alpha value is -1.14. The minimum absolute atomic E-state index is 0.597. The summed E-state index contributed by atoms with van der Waals surface area (Å²) in [6, 6.07) is 11.4. The van der Waals surface area contributed by atoms with Crippen molar-refractivity contribution in [3.05, 3.63) is 47.5 Å². The van der Waals surface area contributed by atoms with Crippen molar-refractivity contribution in [2.24, 2.45) is 0 Å². The van der Waals surface area contributed by atoms with Crippen LogP contribution in [0.4, 0.5) is 0 Å². The van der Waals surface area contributed by atoms with Gasteiger partial charge in [0, 0.05) is 0 Å². The molecule has 0 bridgehead atoms. The van der Waals surface area contributed by atoms with E-state index in [0.717, 1.165) is 20.5 Å². The maximum atomic E-state index is 12.8. The molecule has 0 amide bonds. The van der Waals surface area contributed by atoms with Crippen molar-refractivity contribution >= 4 is 29.3 Å². The van der Waals surface area contributed by atoms with Gasteiger partial charge in [-0.05, 0) is 0 Å². The molecule has 0 atom stereocenters. The Morgan fingerprint density at radius 3 is 2.00 bits per heavy atom. The first-order valence-electron chi connectivity index (χ1n) is 6.43. The van der Waals surface area contributed by atoms with Crippen molar-refractivity contribution in [2.45, 2.75) is 13.8 Å². The summed E-state index contributed by atoms with van der Waals surface area (Å²) in [6.45, 7) is 4.00. The Bertz CT molecular complexity index is 692. The summed E-state index contributed by atoms with van der Waals surface area (Å²) in [5.41, 5.74) is 2.21. The molecule has 4 nitrogen and oxygen atoms in total. The number of hydrogen-bond acceptors (Lipinski definition) is 4. The van der Waals surface area contributed by atoms with E-state index < -0.39 is 25.7 Å². The van der Waals surface area contributed by atoms with Gasteiger partial charge in [-0.2, -0.15) is 0 Å². The van der Waals surface area contributed by atoms with Crippen molar-refractivity contribution in [1.29, 1.82) is 0 Å². The van der Waals surface area contributed by atoms with Crippen LogP contribution in [0, 0.1) is 13.8 Å². The zero-order chi connectivity index (χ0) is 15.0. The van der Waals surface area contributed by atoms with Crippen LogP contribution in [0.5, 0.6) is 17.2 Å². The molecular weight excluding hydrogens is 403 g/mol. The summed E-state index contributed by atoms with van der Waals surface area (Å²) < 4.78 is 30.2. The van der Waals surface area contributed by atoms with Gasteiger partial charge in [0.05, 0.1) is 0 Å². The standard InChI is InChI=1S/C15H15O4PTe/c1-10-8-14-15(9-11(10)2)19-20(16,18-14)21-13-6-4-12(17-3)5-7-13/h4-9H,1-3H3. The zero-order valence-electron chi connectivity index (χ0n) is 12.0. The Morgan fingerprint density at radius 1 is 1.00 bits per heavy atom. The molecule has 0 unspecified atom stereocenters. The molecule has 3 rings (SSSR count). The number of rotatable bonds is 3. The van der Waals surface area contributed by atoms with Gasteiger partial charge in [0.15, 0.2) is 0 Å². The Balaban J connectivity index is 1.82. The van der Waals surface area contributed by atoms with Crippen LogP contribution in [0.3, 0.4) is 0 Å². The van der Waals surface area contributed by atoms with Crippen molar-refractivity contribution in [2.75, 3.05) is 7.11 Å². The number of aryl methyl sites for hydroxylation is 2. The van der Waals surface area contributed by atoms with Gasteiger partial charge in [-0.25, -0.2) is 0 Å². The summed E-state index contributed by atoms with van der Waals surface area (Å²) in [5, 5.41) is -3.05. The topological polar surface area (TPSA) is 44.8 Å². The molecule has 1 heterocycles. The molecule has 1 aliphatic heterocycles. The molecule has 110 valence electrons. The van der Waals surface area contributed by atoms with Crippen LogP contribution in [0.15, 0.2) is 36.4 Å². The van der Waals surface area contributed by atoms with E-state index in [-0.39, 0.29) is 0 Å². The van der Waals surface area contributed by atoms with Crippen LogP contribution >= 0.6 is 5.29 Å². The van der Waals surface area contributed by atoms with Gasteiger partial charge in [-0.1, -0.05) is 0 Å². The first-order valence-corrected chi connectivity index (χ1v) is 12.2. The molecule has 0 aliphatic carbocycles. The van der Waals surface area contributed by atoms with Crippen LogP contribution in [0.25, 0.3) is 0 Å². The van der Waals surface area contributed by atoms with E-state index in [0.29, 0.717) is 11.5 Å². The van der Waals surface area contributed by atoms with Gasteiger partial charge >= 0.3 is 133 Å². The van der Waals surface area contributed by atoms with Gasteiger partial charge in [-0.3, -0.25) is 0 Å². The summed E-state index contributed by atoms with van der Waals surface area (Å²) in [4.78, 5) is 0. The third kappa shape index (κ3) is 3.06. The van der Waals surface area contributed by atoms with E-state index in [4.69, 9.17) is 13.8 Å². The molecule has 6 heteroatoms. The van der Waals surface area contributed by atoms with Crippen molar-refractivity contribution in [3.63, 3.8) is 0 Å². The quantitative estimate of drug-likeness (QED) is 0.568. The van der Waals surface area contributed by atoms with Crippen molar-refractivity contribution < 1.29 is 18.3 Å². The molecule has 2 aromatic carbocycles. The average Bonchev–Trinajstić information content (AvgIpc) is 2.75. The fraction of sp³-hybridized carbons (Fsp3) is 0.200. The van der Waals surface area contributed by atoms with Gasteiger partial charge in [0.1, 0.15) is 0 Å². The summed E-state index contributed by atoms with van der Waals surface area (Å²) in [6.07, 6.45) is 0. The number of methoxy groups -OCH3 is 1. The first kappa shape index (κ1) is 14.8. The Kier molecular flexibility index (Phi) is 3.92. The van der Waals surface area contributed by atoms with Gasteiger partial charge in [0.25, 0.3) is 0 Å². The fourth-order valence-electron chi connectivity index (χ4n) is 1.97. The average molecular weight is 418 g/mol. The third-order valence-corrected chi connectivity index (χ3v) is 10.3. The van der Waals surface area contributed by atoms with E-state index in [2.05, 4.69) is 0 Å². The molecule has 0 saturated carbocycles. The molecule has 2 aromatic rings. The van der Waals surface area contributed by atoms with Crippen LogP contribution in [0.2, 0.25) is 0 Å². The summed E-state index contributed by atoms with van der Waals surface area (Å²) >= 11 is -1.10. The normalized spacial score (nSPS) is 15.0. The molecule has 0 radical (unpaired) electrons. The Morgan fingerprint density at radius 2 is 1.52 bits per heavy atom. The predicted octanol–water partition coefficient (Wildman–Crippen LogP) is 3.22. The third-order valence-electron chi connectivity index (χ3n) is 3.26. The van der Waals surface area contributed by atoms with Gasteiger partial charge < -0.3 is 0 Å². The van der Waals surface area contributed by atoms with E-state index in [1.54, 1.807) is 7.11 Å². The van der Waals surface area contributed by atoms with Gasteiger partial charge in [0.2, 0.25) is 0 Å². The van der Waals surface area contributed by atoms with Crippen LogP contribution in [-0.2, 0) is 4.57 Å². The summed E-state index contributed by atoms with van der Waals surface area (Å²) in [7, 11) is 1.62. The van der Waals surface area contributed by atoms with Crippen LogP contribution in [-0.4, -0.2) is 27.5 Å².